The molecule has 0 radical (unpaired) electrons. The Labute approximate surface area is 148 Å². The topological polar surface area (TPSA) is 26.7 Å². The molecule has 4 heteroatoms. The highest BCUT2D eigenvalue weighted by Gasteiger charge is 2.41. The number of benzene rings is 1. The largest absolute Gasteiger partial charge is 0.395 e. The lowest BCUT2D eigenvalue weighted by Crippen LogP contribution is -2.52. The fraction of sp³-hybridized carbons (Fsp3) is 0.500. The molecule has 1 aromatic heterocycles. The summed E-state index contributed by atoms with van der Waals surface area (Å²) in [5.41, 5.74) is 3.30. The number of β-amino-alcohol motifs (C(OH)–C–C–N with tert-alkyl or cyclic N) is 1. The number of hydrogen-bond acceptors (Lipinski definition) is 4. The average Bonchev–Trinajstić information content (AvgIpc) is 3.11. The number of hydrogen-bond donors (Lipinski definition) is 1. The minimum Gasteiger partial charge on any atom is -0.395 e. The molecular formula is C20H26N2OS. The predicted molar refractivity (Wildman–Crippen MR) is 99.3 cm³/mol. The lowest BCUT2D eigenvalue weighted by molar-refractivity contribution is 0.0843. The van der Waals surface area contributed by atoms with Gasteiger partial charge in [0.15, 0.2) is 0 Å². The molecule has 0 atom stereocenters. The summed E-state index contributed by atoms with van der Waals surface area (Å²) in [6.07, 6.45) is 2.44. The highest BCUT2D eigenvalue weighted by atomic mass is 32.1. The van der Waals surface area contributed by atoms with Crippen LogP contribution in [0.5, 0.6) is 0 Å². The summed E-state index contributed by atoms with van der Waals surface area (Å²) in [5.74, 6) is 0. The van der Waals surface area contributed by atoms with E-state index in [1.54, 1.807) is 5.56 Å². The van der Waals surface area contributed by atoms with Crippen molar-refractivity contribution in [3.05, 3.63) is 57.8 Å². The third kappa shape index (κ3) is 3.16. The van der Waals surface area contributed by atoms with Crippen LogP contribution in [0, 0.1) is 0 Å². The number of nitrogens with zero attached hydrogens (tertiary/aromatic N) is 2. The van der Waals surface area contributed by atoms with Gasteiger partial charge >= 0.3 is 0 Å². The van der Waals surface area contributed by atoms with Crippen molar-refractivity contribution in [1.29, 1.82) is 0 Å². The van der Waals surface area contributed by atoms with Crippen LogP contribution in [0.3, 0.4) is 0 Å². The molecule has 0 aliphatic carbocycles. The maximum Gasteiger partial charge on any atom is 0.0558 e. The average molecular weight is 343 g/mol. The van der Waals surface area contributed by atoms with Crippen molar-refractivity contribution in [3.63, 3.8) is 0 Å². The SMILES string of the molecule is OCCN1Cc2ccccc2C2(CCN(Cc3cccs3)CC2)C1. The number of rotatable bonds is 4. The van der Waals surface area contributed by atoms with Gasteiger partial charge in [0.25, 0.3) is 0 Å². The monoisotopic (exact) mass is 342 g/mol. The van der Waals surface area contributed by atoms with Crippen molar-refractivity contribution >= 4 is 11.3 Å². The Kier molecular flexibility index (Phi) is 4.72. The molecule has 2 aliphatic heterocycles. The van der Waals surface area contributed by atoms with Crippen molar-refractivity contribution in [3.8, 4) is 0 Å². The van der Waals surface area contributed by atoms with Crippen LogP contribution in [0.15, 0.2) is 41.8 Å². The number of fused-ring (bicyclic) bond motifs is 2. The second-order valence-electron chi connectivity index (χ2n) is 7.23. The first-order chi connectivity index (χ1) is 11.8. The van der Waals surface area contributed by atoms with E-state index in [0.717, 1.165) is 26.2 Å². The Hall–Kier alpha value is -1.20. The fourth-order valence-corrected chi connectivity index (χ4v) is 5.22. The van der Waals surface area contributed by atoms with Gasteiger partial charge in [-0.25, -0.2) is 0 Å². The minimum absolute atomic E-state index is 0.253. The van der Waals surface area contributed by atoms with E-state index in [2.05, 4.69) is 51.6 Å². The molecule has 24 heavy (non-hydrogen) atoms. The van der Waals surface area contributed by atoms with Gasteiger partial charge in [-0.05, 0) is 48.5 Å². The van der Waals surface area contributed by atoms with Crippen molar-refractivity contribution in [2.45, 2.75) is 31.3 Å². The minimum atomic E-state index is 0.253. The highest BCUT2D eigenvalue weighted by molar-refractivity contribution is 7.09. The Morgan fingerprint density at radius 2 is 1.88 bits per heavy atom. The van der Waals surface area contributed by atoms with E-state index >= 15 is 0 Å². The van der Waals surface area contributed by atoms with E-state index in [9.17, 15) is 5.11 Å². The summed E-state index contributed by atoms with van der Waals surface area (Å²) >= 11 is 1.86. The van der Waals surface area contributed by atoms with Gasteiger partial charge in [0.1, 0.15) is 0 Å². The Bertz CT molecular complexity index is 662. The Morgan fingerprint density at radius 3 is 2.62 bits per heavy atom. The standard InChI is InChI=1S/C20H26N2OS/c23-12-11-22-14-17-4-1-2-6-19(17)20(16-22)7-9-21(10-8-20)15-18-5-3-13-24-18/h1-6,13,23H,7-12,14-16H2. The molecule has 0 bridgehead atoms. The van der Waals surface area contributed by atoms with Gasteiger partial charge in [-0.15, -0.1) is 11.3 Å². The van der Waals surface area contributed by atoms with Gasteiger partial charge in [0.05, 0.1) is 6.61 Å². The summed E-state index contributed by atoms with van der Waals surface area (Å²) in [4.78, 5) is 6.51. The van der Waals surface area contributed by atoms with E-state index in [4.69, 9.17) is 0 Å². The Morgan fingerprint density at radius 1 is 1.04 bits per heavy atom. The second-order valence-corrected chi connectivity index (χ2v) is 8.26. The molecule has 0 unspecified atom stereocenters. The number of aliphatic hydroxyl groups is 1. The molecule has 1 saturated heterocycles. The van der Waals surface area contributed by atoms with Gasteiger partial charge in [0.2, 0.25) is 0 Å². The molecule has 2 aliphatic rings. The van der Waals surface area contributed by atoms with Crippen LogP contribution in [0.4, 0.5) is 0 Å². The lowest BCUT2D eigenvalue weighted by atomic mass is 9.69. The number of piperidine rings is 1. The summed E-state index contributed by atoms with van der Waals surface area (Å²) in [5, 5.41) is 11.6. The van der Waals surface area contributed by atoms with Crippen LogP contribution in [0.1, 0.15) is 28.8 Å². The van der Waals surface area contributed by atoms with Crippen molar-refractivity contribution in [2.24, 2.45) is 0 Å². The van der Waals surface area contributed by atoms with Gasteiger partial charge in [-0.2, -0.15) is 0 Å². The van der Waals surface area contributed by atoms with Crippen molar-refractivity contribution in [2.75, 3.05) is 32.8 Å². The Balaban J connectivity index is 1.52. The molecule has 4 rings (SSSR count). The molecular weight excluding hydrogens is 316 g/mol. The maximum absolute atomic E-state index is 9.39. The third-order valence-corrected chi connectivity index (χ3v) is 6.56. The third-order valence-electron chi connectivity index (χ3n) is 5.70. The van der Waals surface area contributed by atoms with Crippen molar-refractivity contribution < 1.29 is 5.11 Å². The molecule has 1 aromatic carbocycles. The van der Waals surface area contributed by atoms with E-state index in [1.165, 1.54) is 36.4 Å². The van der Waals surface area contributed by atoms with Crippen LogP contribution in [0.2, 0.25) is 0 Å². The molecule has 0 saturated carbocycles. The van der Waals surface area contributed by atoms with Crippen LogP contribution >= 0.6 is 11.3 Å². The quantitative estimate of drug-likeness (QED) is 0.925. The van der Waals surface area contributed by atoms with Gasteiger partial charge in [0, 0.05) is 36.5 Å². The smallest absolute Gasteiger partial charge is 0.0558 e. The lowest BCUT2D eigenvalue weighted by Gasteiger charge is -2.48. The predicted octanol–water partition coefficient (Wildman–Crippen LogP) is 3.09. The van der Waals surface area contributed by atoms with E-state index in [1.807, 2.05) is 11.3 Å². The van der Waals surface area contributed by atoms with Gasteiger partial charge in [-0.3, -0.25) is 9.80 Å². The zero-order valence-electron chi connectivity index (χ0n) is 14.2. The van der Waals surface area contributed by atoms with E-state index < -0.39 is 0 Å². The van der Waals surface area contributed by atoms with Crippen LogP contribution in [0.25, 0.3) is 0 Å². The molecule has 128 valence electrons. The summed E-state index contributed by atoms with van der Waals surface area (Å²) in [7, 11) is 0. The normalized spacial score (nSPS) is 21.0. The second kappa shape index (κ2) is 6.96. The molecule has 0 amide bonds. The molecule has 1 fully saturated rings. The van der Waals surface area contributed by atoms with Crippen molar-refractivity contribution in [1.82, 2.24) is 9.80 Å². The first-order valence-electron chi connectivity index (χ1n) is 8.95. The summed E-state index contributed by atoms with van der Waals surface area (Å²) in [6, 6.07) is 13.4. The van der Waals surface area contributed by atoms with Crippen LogP contribution in [-0.2, 0) is 18.5 Å². The van der Waals surface area contributed by atoms with Crippen LogP contribution < -0.4 is 0 Å². The summed E-state index contributed by atoms with van der Waals surface area (Å²) in [6.45, 7) is 6.54. The number of aliphatic hydroxyl groups excluding tert-OH is 1. The van der Waals surface area contributed by atoms with Gasteiger partial charge in [-0.1, -0.05) is 30.3 Å². The van der Waals surface area contributed by atoms with Crippen LogP contribution in [-0.4, -0.2) is 47.7 Å². The van der Waals surface area contributed by atoms with E-state index in [0.29, 0.717) is 0 Å². The highest BCUT2D eigenvalue weighted by Crippen LogP contribution is 2.41. The molecule has 1 spiro atoms. The zero-order valence-corrected chi connectivity index (χ0v) is 15.0. The zero-order chi connectivity index (χ0) is 16.4. The first-order valence-corrected chi connectivity index (χ1v) is 9.83. The fourth-order valence-electron chi connectivity index (χ4n) is 4.47. The molecule has 3 nitrogen and oxygen atoms in total. The number of thiophene rings is 1. The summed E-state index contributed by atoms with van der Waals surface area (Å²) < 4.78 is 0. The van der Waals surface area contributed by atoms with Gasteiger partial charge < -0.3 is 5.11 Å². The maximum atomic E-state index is 9.39. The first kappa shape index (κ1) is 16.3. The molecule has 3 heterocycles. The van der Waals surface area contributed by atoms with E-state index in [-0.39, 0.29) is 12.0 Å². The number of likely N-dealkylation sites (tertiary alicyclic amines) is 1. The molecule has 2 aromatic rings. The molecule has 1 N–H and O–H groups in total.